The molecule has 0 bridgehead atoms. The van der Waals surface area contributed by atoms with Gasteiger partial charge in [0.05, 0.1) is 36.8 Å². The van der Waals surface area contributed by atoms with Crippen molar-refractivity contribution < 1.29 is 19.4 Å². The van der Waals surface area contributed by atoms with Crippen LogP contribution in [0.2, 0.25) is 0 Å². The van der Waals surface area contributed by atoms with E-state index in [0.717, 1.165) is 22.7 Å². The van der Waals surface area contributed by atoms with Crippen LogP contribution in [0.4, 0.5) is 0 Å². The van der Waals surface area contributed by atoms with Crippen molar-refractivity contribution >= 4 is 11.6 Å². The lowest BCUT2D eigenvalue weighted by Gasteiger charge is -2.32. The van der Waals surface area contributed by atoms with Gasteiger partial charge in [-0.05, 0) is 36.4 Å². The van der Waals surface area contributed by atoms with Crippen LogP contribution in [0.5, 0.6) is 11.5 Å². The lowest BCUT2D eigenvalue weighted by atomic mass is 10.1. The fraction of sp³-hybridized carbons (Fsp3) is 0.200. The Bertz CT molecular complexity index is 1240. The lowest BCUT2D eigenvalue weighted by molar-refractivity contribution is -0.0447. The minimum absolute atomic E-state index is 0.0953. The fourth-order valence-corrected chi connectivity index (χ4v) is 3.89. The number of imidazole rings is 1. The second kappa shape index (κ2) is 8.82. The molecule has 0 unspecified atom stereocenters. The lowest BCUT2D eigenvalue weighted by Crippen LogP contribution is -2.46. The largest absolute Gasteiger partial charge is 0.457 e. The van der Waals surface area contributed by atoms with Gasteiger partial charge in [0.25, 0.3) is 5.91 Å². The van der Waals surface area contributed by atoms with Gasteiger partial charge in [-0.3, -0.25) is 9.20 Å². The fourth-order valence-electron chi connectivity index (χ4n) is 3.89. The maximum absolute atomic E-state index is 13.1. The predicted octanol–water partition coefficient (Wildman–Crippen LogP) is 3.63. The first-order valence-corrected chi connectivity index (χ1v) is 10.5. The summed E-state index contributed by atoms with van der Waals surface area (Å²) >= 11 is 0. The monoisotopic (exact) mass is 429 g/mol. The van der Waals surface area contributed by atoms with E-state index in [2.05, 4.69) is 4.98 Å². The molecule has 1 N–H and O–H groups in total. The first kappa shape index (κ1) is 20.2. The van der Waals surface area contributed by atoms with E-state index in [1.807, 2.05) is 71.3 Å². The van der Waals surface area contributed by atoms with Crippen molar-refractivity contribution in [3.8, 4) is 22.8 Å². The SMILES string of the molecule is O=C(c1ccc2ncc(-c3ccccc3Oc3ccccc3)n2c1)N1CCO[C@@H](CO)C1. The Morgan fingerprint density at radius 1 is 1.09 bits per heavy atom. The number of carbonyl (C=O) groups is 1. The van der Waals surface area contributed by atoms with Gasteiger partial charge < -0.3 is 19.5 Å². The molecule has 0 aliphatic carbocycles. The van der Waals surface area contributed by atoms with Gasteiger partial charge >= 0.3 is 0 Å². The minimum atomic E-state index is -0.345. The molecule has 1 fully saturated rings. The van der Waals surface area contributed by atoms with E-state index >= 15 is 0 Å². The molecule has 5 rings (SSSR count). The third kappa shape index (κ3) is 3.95. The average molecular weight is 429 g/mol. The number of aliphatic hydroxyl groups is 1. The highest BCUT2D eigenvalue weighted by molar-refractivity contribution is 5.94. The quantitative estimate of drug-likeness (QED) is 0.524. The summed E-state index contributed by atoms with van der Waals surface area (Å²) < 4.78 is 13.5. The molecule has 0 saturated carbocycles. The Kier molecular flexibility index (Phi) is 5.58. The van der Waals surface area contributed by atoms with Crippen molar-refractivity contribution in [3.05, 3.63) is 84.7 Å². The molecule has 1 aliphatic heterocycles. The number of hydrogen-bond donors (Lipinski definition) is 1. The number of morpholine rings is 1. The van der Waals surface area contributed by atoms with Crippen molar-refractivity contribution in [3.63, 3.8) is 0 Å². The van der Waals surface area contributed by atoms with Gasteiger partial charge in [0, 0.05) is 24.8 Å². The summed E-state index contributed by atoms with van der Waals surface area (Å²) in [6.45, 7) is 1.18. The van der Waals surface area contributed by atoms with Gasteiger partial charge in [0.2, 0.25) is 0 Å². The van der Waals surface area contributed by atoms with Crippen molar-refractivity contribution in [1.82, 2.24) is 14.3 Å². The van der Waals surface area contributed by atoms with Crippen molar-refractivity contribution in [2.24, 2.45) is 0 Å². The summed E-state index contributed by atoms with van der Waals surface area (Å²) in [6.07, 6.45) is 3.25. The topological polar surface area (TPSA) is 76.3 Å². The number of aliphatic hydroxyl groups excluding tert-OH is 1. The summed E-state index contributed by atoms with van der Waals surface area (Å²) in [7, 11) is 0. The van der Waals surface area contributed by atoms with Gasteiger partial charge in [-0.15, -0.1) is 0 Å². The molecular weight excluding hydrogens is 406 g/mol. The number of carbonyl (C=O) groups excluding carboxylic acids is 1. The summed E-state index contributed by atoms with van der Waals surface area (Å²) in [6, 6.07) is 21.0. The smallest absolute Gasteiger partial charge is 0.255 e. The molecule has 0 spiro atoms. The Morgan fingerprint density at radius 2 is 1.91 bits per heavy atom. The Hall–Kier alpha value is -3.68. The molecule has 1 saturated heterocycles. The highest BCUT2D eigenvalue weighted by Gasteiger charge is 2.25. The zero-order valence-electron chi connectivity index (χ0n) is 17.4. The molecule has 7 nitrogen and oxygen atoms in total. The zero-order chi connectivity index (χ0) is 21.9. The van der Waals surface area contributed by atoms with Crippen molar-refractivity contribution in [2.45, 2.75) is 6.10 Å². The number of aromatic nitrogens is 2. The van der Waals surface area contributed by atoms with Gasteiger partial charge in [-0.1, -0.05) is 30.3 Å². The van der Waals surface area contributed by atoms with E-state index in [9.17, 15) is 9.90 Å². The summed E-state index contributed by atoms with van der Waals surface area (Å²) in [5.74, 6) is 1.36. The molecule has 7 heteroatoms. The molecule has 32 heavy (non-hydrogen) atoms. The van der Waals surface area contributed by atoms with Crippen LogP contribution in [0.15, 0.2) is 79.1 Å². The molecule has 3 heterocycles. The van der Waals surface area contributed by atoms with E-state index in [4.69, 9.17) is 9.47 Å². The molecule has 1 amide bonds. The molecule has 162 valence electrons. The Labute approximate surface area is 185 Å². The number of fused-ring (bicyclic) bond motifs is 1. The first-order valence-electron chi connectivity index (χ1n) is 10.5. The number of ether oxygens (including phenoxy) is 2. The molecule has 1 atom stereocenters. The van der Waals surface area contributed by atoms with Crippen molar-refractivity contribution in [2.75, 3.05) is 26.3 Å². The maximum Gasteiger partial charge on any atom is 0.255 e. The zero-order valence-corrected chi connectivity index (χ0v) is 17.4. The van der Waals surface area contributed by atoms with Crippen LogP contribution in [0, 0.1) is 0 Å². The van der Waals surface area contributed by atoms with Gasteiger partial charge in [0.1, 0.15) is 17.1 Å². The van der Waals surface area contributed by atoms with E-state index in [1.54, 1.807) is 17.2 Å². The summed E-state index contributed by atoms with van der Waals surface area (Å²) in [4.78, 5) is 19.3. The van der Waals surface area contributed by atoms with Crippen LogP contribution >= 0.6 is 0 Å². The number of hydrogen-bond acceptors (Lipinski definition) is 5. The maximum atomic E-state index is 13.1. The number of nitrogens with zero attached hydrogens (tertiary/aromatic N) is 3. The second-order valence-electron chi connectivity index (χ2n) is 7.63. The van der Waals surface area contributed by atoms with Crippen LogP contribution in [0.3, 0.4) is 0 Å². The Morgan fingerprint density at radius 3 is 2.75 bits per heavy atom. The molecule has 4 aromatic rings. The number of benzene rings is 2. The molecule has 2 aromatic carbocycles. The van der Waals surface area contributed by atoms with E-state index in [1.165, 1.54) is 0 Å². The van der Waals surface area contributed by atoms with Crippen LogP contribution in [0.1, 0.15) is 10.4 Å². The third-order valence-corrected chi connectivity index (χ3v) is 5.52. The number of rotatable bonds is 5. The van der Waals surface area contributed by atoms with E-state index in [0.29, 0.717) is 31.0 Å². The number of amides is 1. The highest BCUT2D eigenvalue weighted by Crippen LogP contribution is 2.33. The number of pyridine rings is 1. The molecule has 2 aromatic heterocycles. The van der Waals surface area contributed by atoms with Crippen LogP contribution < -0.4 is 4.74 Å². The highest BCUT2D eigenvalue weighted by atomic mass is 16.5. The standard InChI is InChI=1S/C25H23N3O4/c29-17-20-16-27(12-13-31-20)25(30)18-10-11-24-26-14-22(28(24)15-18)21-8-4-5-9-23(21)32-19-6-2-1-3-7-19/h1-11,14-15,20,29H,12-13,16-17H2/t20-/m1/s1. The van der Waals surface area contributed by atoms with Crippen LogP contribution in [-0.2, 0) is 4.74 Å². The molecular formula is C25H23N3O4. The van der Waals surface area contributed by atoms with Gasteiger partial charge in [-0.25, -0.2) is 4.98 Å². The Balaban J connectivity index is 1.50. The average Bonchev–Trinajstić information content (AvgIpc) is 3.28. The predicted molar refractivity (Wildman–Crippen MR) is 120 cm³/mol. The van der Waals surface area contributed by atoms with E-state index in [-0.39, 0.29) is 18.6 Å². The van der Waals surface area contributed by atoms with Gasteiger partial charge in [-0.2, -0.15) is 0 Å². The van der Waals surface area contributed by atoms with Gasteiger partial charge in [0.15, 0.2) is 0 Å². The molecule has 0 radical (unpaired) electrons. The first-order chi connectivity index (χ1) is 15.7. The molecule has 1 aliphatic rings. The summed E-state index contributed by atoms with van der Waals surface area (Å²) in [5.41, 5.74) is 3.00. The van der Waals surface area contributed by atoms with Crippen molar-refractivity contribution in [1.29, 1.82) is 0 Å². The minimum Gasteiger partial charge on any atom is -0.457 e. The van der Waals surface area contributed by atoms with Crippen LogP contribution in [-0.4, -0.2) is 57.7 Å². The summed E-state index contributed by atoms with van der Waals surface area (Å²) in [5, 5.41) is 9.38. The van der Waals surface area contributed by atoms with Crippen LogP contribution in [0.25, 0.3) is 16.9 Å². The second-order valence-corrected chi connectivity index (χ2v) is 7.63. The third-order valence-electron chi connectivity index (χ3n) is 5.52. The van der Waals surface area contributed by atoms with E-state index < -0.39 is 0 Å². The normalized spacial score (nSPS) is 16.3. The number of para-hydroxylation sites is 2.